The van der Waals surface area contributed by atoms with Crippen LogP contribution in [0.25, 0.3) is 0 Å². The van der Waals surface area contributed by atoms with Crippen LogP contribution in [0.4, 0.5) is 11.4 Å². The summed E-state index contributed by atoms with van der Waals surface area (Å²) >= 11 is 18.2. The summed E-state index contributed by atoms with van der Waals surface area (Å²) in [7, 11) is 0. The number of nitroso groups, excluding NO2 is 1. The van der Waals surface area contributed by atoms with Crippen molar-refractivity contribution in [2.45, 2.75) is 12.6 Å². The molecule has 1 aliphatic heterocycles. The second-order valence-corrected chi connectivity index (χ2v) is 6.98. The molecule has 3 rings (SSSR count). The van der Waals surface area contributed by atoms with Crippen LogP contribution in [0.5, 0.6) is 0 Å². The highest BCUT2D eigenvalue weighted by Gasteiger charge is 2.43. The molecule has 0 saturated carbocycles. The highest BCUT2D eigenvalue weighted by Crippen LogP contribution is 2.38. The number of benzene rings is 2. The van der Waals surface area contributed by atoms with Gasteiger partial charge in [0, 0.05) is 22.7 Å². The van der Waals surface area contributed by atoms with Crippen molar-refractivity contribution in [3.05, 3.63) is 72.1 Å². The van der Waals surface area contributed by atoms with Crippen LogP contribution in [0.1, 0.15) is 16.8 Å². The van der Waals surface area contributed by atoms with Crippen LogP contribution < -0.4 is 10.3 Å². The normalized spacial score (nSPS) is 16.5. The number of nitrogens with one attached hydrogen (secondary N) is 1. The van der Waals surface area contributed by atoms with Gasteiger partial charge in [-0.05, 0) is 18.2 Å². The van der Waals surface area contributed by atoms with Gasteiger partial charge >= 0.3 is 6.17 Å². The van der Waals surface area contributed by atoms with Gasteiger partial charge in [-0.2, -0.15) is 0 Å². The molecule has 0 radical (unpaired) electrons. The van der Waals surface area contributed by atoms with E-state index in [1.807, 2.05) is 0 Å². The third-order valence-electron chi connectivity index (χ3n) is 3.98. The summed E-state index contributed by atoms with van der Waals surface area (Å²) < 4.78 is 0. The molecule has 1 unspecified atom stereocenters. The van der Waals surface area contributed by atoms with E-state index in [1.165, 1.54) is 35.3 Å². The van der Waals surface area contributed by atoms with E-state index in [0.717, 1.165) is 6.07 Å². The minimum Gasteiger partial charge on any atom is -0.288 e. The van der Waals surface area contributed by atoms with Crippen LogP contribution in [0.15, 0.2) is 36.4 Å². The number of amides is 1. The molecule has 8 nitrogen and oxygen atoms in total. The summed E-state index contributed by atoms with van der Waals surface area (Å²) in [6.45, 7) is 0.268. The van der Waals surface area contributed by atoms with E-state index in [-0.39, 0.29) is 27.8 Å². The molecule has 0 bridgehead atoms. The lowest BCUT2D eigenvalue weighted by Gasteiger charge is -2.13. The van der Waals surface area contributed by atoms with E-state index in [9.17, 15) is 19.8 Å². The lowest BCUT2D eigenvalue weighted by Crippen LogP contribution is -2.42. The standard InChI is InChI=1S/C16H11Cl3N4O4/c17-10-7-12(18)15(13(19)8-10)21-5-4-14(22(21)25)20-16(24)9-2-1-3-11(6-9)23(26)27/h1-3,6-8,14H,4-5H2/p+1. The fraction of sp³-hybridized carbons (Fsp3) is 0.188. The molecule has 1 N–H and O–H groups in total. The molecule has 2 aromatic rings. The van der Waals surface area contributed by atoms with Crippen molar-refractivity contribution in [3.8, 4) is 0 Å². The molecule has 1 heterocycles. The first-order valence-corrected chi connectivity index (χ1v) is 8.85. The van der Waals surface area contributed by atoms with Crippen LogP contribution in [0, 0.1) is 15.0 Å². The molecule has 1 aliphatic rings. The fourth-order valence-corrected chi connectivity index (χ4v) is 3.75. The van der Waals surface area contributed by atoms with Crippen molar-refractivity contribution < 1.29 is 14.6 Å². The molecule has 27 heavy (non-hydrogen) atoms. The molecular formula is C16H12Cl3N4O4+. The maximum atomic E-state index is 12.6. The van der Waals surface area contributed by atoms with Crippen molar-refractivity contribution in [1.29, 1.82) is 0 Å². The number of anilines is 1. The summed E-state index contributed by atoms with van der Waals surface area (Å²) in [5, 5.41) is 15.4. The van der Waals surface area contributed by atoms with Crippen LogP contribution in [0.3, 0.4) is 0 Å². The second-order valence-electron chi connectivity index (χ2n) is 5.73. The van der Waals surface area contributed by atoms with E-state index in [4.69, 9.17) is 34.8 Å². The third kappa shape index (κ3) is 3.97. The van der Waals surface area contributed by atoms with Gasteiger partial charge in [-0.1, -0.05) is 40.9 Å². The summed E-state index contributed by atoms with van der Waals surface area (Å²) in [5.41, 5.74) is 0.165. The first kappa shape index (κ1) is 19.3. The van der Waals surface area contributed by atoms with E-state index in [0.29, 0.717) is 22.0 Å². The minimum atomic E-state index is -0.875. The molecule has 0 aromatic heterocycles. The summed E-state index contributed by atoms with van der Waals surface area (Å²) in [4.78, 5) is 35.8. The molecule has 0 spiro atoms. The van der Waals surface area contributed by atoms with Crippen molar-refractivity contribution in [2.75, 3.05) is 11.6 Å². The van der Waals surface area contributed by atoms with E-state index >= 15 is 0 Å². The Morgan fingerprint density at radius 3 is 2.52 bits per heavy atom. The first-order chi connectivity index (χ1) is 12.8. The summed E-state index contributed by atoms with van der Waals surface area (Å²) in [5.74, 6) is -0.597. The largest absolute Gasteiger partial charge is 0.311 e. The summed E-state index contributed by atoms with van der Waals surface area (Å²) in [6, 6.07) is 8.18. The van der Waals surface area contributed by atoms with Crippen LogP contribution >= 0.6 is 34.8 Å². The van der Waals surface area contributed by atoms with Crippen molar-refractivity contribution in [3.63, 3.8) is 0 Å². The van der Waals surface area contributed by atoms with Gasteiger partial charge in [0.05, 0.1) is 32.8 Å². The fourth-order valence-electron chi connectivity index (χ4n) is 2.74. The number of carbonyl (C=O) groups is 1. The van der Waals surface area contributed by atoms with Crippen LogP contribution in [-0.4, -0.2) is 28.4 Å². The predicted molar refractivity (Wildman–Crippen MR) is 101 cm³/mol. The van der Waals surface area contributed by atoms with Gasteiger partial charge < -0.3 is 0 Å². The second kappa shape index (κ2) is 7.67. The molecule has 1 atom stereocenters. The number of nitro benzene ring substituents is 1. The number of hydrazine groups is 1. The molecule has 11 heteroatoms. The monoisotopic (exact) mass is 429 g/mol. The van der Waals surface area contributed by atoms with Gasteiger partial charge in [0.2, 0.25) is 0 Å². The highest BCUT2D eigenvalue weighted by molar-refractivity contribution is 6.41. The van der Waals surface area contributed by atoms with E-state index in [1.54, 1.807) is 0 Å². The van der Waals surface area contributed by atoms with Gasteiger partial charge in [0.15, 0.2) is 0 Å². The zero-order valence-electron chi connectivity index (χ0n) is 13.6. The van der Waals surface area contributed by atoms with Crippen molar-refractivity contribution in [2.24, 2.45) is 0 Å². The Morgan fingerprint density at radius 1 is 1.22 bits per heavy atom. The molecule has 1 amide bonds. The number of rotatable bonds is 4. The number of nitro groups is 1. The first-order valence-electron chi connectivity index (χ1n) is 7.71. The zero-order chi connectivity index (χ0) is 19.7. The molecular weight excluding hydrogens is 419 g/mol. The Labute approximate surface area is 168 Å². The maximum absolute atomic E-state index is 12.6. The number of halogens is 3. The number of hydrogen-bond acceptors (Lipinski definition) is 4. The Kier molecular flexibility index (Phi) is 5.50. The number of hydrogen-bond donors (Lipinski definition) is 1. The Balaban J connectivity index is 1.77. The Hall–Kier alpha value is -2.42. The van der Waals surface area contributed by atoms with Gasteiger partial charge in [0.25, 0.3) is 11.6 Å². The highest BCUT2D eigenvalue weighted by atomic mass is 35.5. The summed E-state index contributed by atoms with van der Waals surface area (Å²) in [6.07, 6.45) is -0.570. The maximum Gasteiger partial charge on any atom is 0.311 e. The smallest absolute Gasteiger partial charge is 0.288 e. The Bertz CT molecular complexity index is 930. The zero-order valence-corrected chi connectivity index (χ0v) is 15.8. The topological polar surface area (TPSA) is 95.6 Å². The van der Waals surface area contributed by atoms with E-state index < -0.39 is 17.0 Å². The Morgan fingerprint density at radius 2 is 1.89 bits per heavy atom. The predicted octanol–water partition coefficient (Wildman–Crippen LogP) is 4.22. The van der Waals surface area contributed by atoms with Gasteiger partial charge in [-0.25, -0.2) is 0 Å². The average molecular weight is 431 g/mol. The average Bonchev–Trinajstić information content (AvgIpc) is 2.95. The quantitative estimate of drug-likeness (QED) is 0.445. The lowest BCUT2D eigenvalue weighted by atomic mass is 10.2. The SMILES string of the molecule is O=C(NC1CCN(c2c(Cl)cc(Cl)cc2Cl)[N+]1=O)c1cccc([N+](=O)[O-])c1. The molecule has 2 aromatic carbocycles. The minimum absolute atomic E-state index is 0.0820. The molecule has 140 valence electrons. The molecule has 0 aliphatic carbocycles. The molecule has 1 fully saturated rings. The van der Waals surface area contributed by atoms with Crippen LogP contribution in [0.2, 0.25) is 15.1 Å². The van der Waals surface area contributed by atoms with E-state index in [2.05, 4.69) is 5.32 Å². The number of nitrogens with zero attached hydrogens (tertiary/aromatic N) is 3. The van der Waals surface area contributed by atoms with Crippen molar-refractivity contribution >= 4 is 52.1 Å². The van der Waals surface area contributed by atoms with Crippen molar-refractivity contribution in [1.82, 2.24) is 5.32 Å². The third-order valence-corrected chi connectivity index (χ3v) is 4.77. The van der Waals surface area contributed by atoms with Gasteiger partial charge in [0.1, 0.15) is 10.6 Å². The lowest BCUT2D eigenvalue weighted by molar-refractivity contribution is -0.580. The van der Waals surface area contributed by atoms with Gasteiger partial charge in [-0.15, -0.1) is 5.01 Å². The van der Waals surface area contributed by atoms with Crippen LogP contribution in [-0.2, 0) is 0 Å². The van der Waals surface area contributed by atoms with Gasteiger partial charge in [-0.3, -0.25) is 20.2 Å². The molecule has 1 saturated heterocycles. The number of carbonyl (C=O) groups excluding carboxylic acids is 1. The number of non-ortho nitro benzene ring substituents is 1.